The number of aliphatic hydroxyl groups is 1. The summed E-state index contributed by atoms with van der Waals surface area (Å²) in [7, 11) is 8.49. The lowest BCUT2D eigenvalue weighted by Crippen LogP contribution is -2.32. The van der Waals surface area contributed by atoms with E-state index < -0.39 is 17.7 Å². The van der Waals surface area contributed by atoms with Crippen molar-refractivity contribution in [3.05, 3.63) is 59.2 Å². The number of nitrogens with zero attached hydrogens (tertiary/aromatic N) is 2. The normalized spacial score (nSPS) is 17.5. The molecule has 1 aliphatic rings. The first-order valence-corrected chi connectivity index (χ1v) is 10.6. The Morgan fingerprint density at radius 1 is 0.970 bits per heavy atom. The fraction of sp³-hybridized carbons (Fsp3) is 0.360. The number of benzene rings is 2. The van der Waals surface area contributed by atoms with E-state index in [2.05, 4.69) is 0 Å². The molecular formula is C25H30N2O6. The fourth-order valence-electron chi connectivity index (χ4n) is 3.95. The summed E-state index contributed by atoms with van der Waals surface area (Å²) in [5, 5.41) is 11.2. The predicted octanol–water partition coefficient (Wildman–Crippen LogP) is 3.09. The summed E-state index contributed by atoms with van der Waals surface area (Å²) in [6, 6.07) is 11.0. The highest BCUT2D eigenvalue weighted by Gasteiger charge is 2.47. The number of ether oxygens (including phenoxy) is 3. The van der Waals surface area contributed by atoms with Crippen molar-refractivity contribution in [2.75, 3.05) is 48.5 Å². The van der Waals surface area contributed by atoms with Crippen molar-refractivity contribution in [2.24, 2.45) is 0 Å². The van der Waals surface area contributed by atoms with E-state index in [1.165, 1.54) is 19.1 Å². The molecule has 2 aromatic carbocycles. The van der Waals surface area contributed by atoms with Gasteiger partial charge in [0.1, 0.15) is 23.0 Å². The number of methoxy groups -OCH3 is 3. The Morgan fingerprint density at radius 2 is 1.61 bits per heavy atom. The molecule has 176 valence electrons. The van der Waals surface area contributed by atoms with Crippen LogP contribution in [-0.2, 0) is 9.59 Å². The first-order valence-electron chi connectivity index (χ1n) is 10.6. The second kappa shape index (κ2) is 10.4. The highest BCUT2D eigenvalue weighted by Crippen LogP contribution is 2.44. The van der Waals surface area contributed by atoms with Gasteiger partial charge in [0, 0.05) is 17.7 Å². The second-order valence-electron chi connectivity index (χ2n) is 7.99. The predicted molar refractivity (Wildman–Crippen MR) is 125 cm³/mol. The van der Waals surface area contributed by atoms with Crippen LogP contribution in [0.4, 0.5) is 0 Å². The summed E-state index contributed by atoms with van der Waals surface area (Å²) >= 11 is 0. The summed E-state index contributed by atoms with van der Waals surface area (Å²) in [5.41, 5.74) is 0.992. The van der Waals surface area contributed by atoms with Crippen molar-refractivity contribution in [3.63, 3.8) is 0 Å². The van der Waals surface area contributed by atoms with Crippen molar-refractivity contribution in [3.8, 4) is 17.2 Å². The Hall–Kier alpha value is -3.52. The quantitative estimate of drug-likeness (QED) is 0.354. The van der Waals surface area contributed by atoms with Gasteiger partial charge < -0.3 is 29.1 Å². The molecule has 1 saturated heterocycles. The molecule has 1 atom stereocenters. The summed E-state index contributed by atoms with van der Waals surface area (Å²) in [6.07, 6.45) is 0.658. The molecule has 0 saturated carbocycles. The molecule has 1 N–H and O–H groups in total. The Labute approximate surface area is 194 Å². The third-order valence-electron chi connectivity index (χ3n) is 5.64. The Balaban J connectivity index is 2.17. The van der Waals surface area contributed by atoms with Crippen LogP contribution in [-0.4, -0.2) is 75.1 Å². The number of carbonyl (C=O) groups is 2. The number of likely N-dealkylation sites (tertiary alicyclic amines) is 1. The highest BCUT2D eigenvalue weighted by atomic mass is 16.5. The molecule has 3 rings (SSSR count). The van der Waals surface area contributed by atoms with E-state index in [-0.39, 0.29) is 11.3 Å². The summed E-state index contributed by atoms with van der Waals surface area (Å²) in [5.74, 6) is 0.0134. The van der Waals surface area contributed by atoms with Gasteiger partial charge in [0.05, 0.1) is 32.9 Å². The van der Waals surface area contributed by atoms with Gasteiger partial charge in [0.25, 0.3) is 11.7 Å². The van der Waals surface area contributed by atoms with Crippen LogP contribution >= 0.6 is 0 Å². The molecule has 1 fully saturated rings. The van der Waals surface area contributed by atoms with E-state index in [9.17, 15) is 14.7 Å². The smallest absolute Gasteiger partial charge is 0.295 e. The van der Waals surface area contributed by atoms with Gasteiger partial charge in [-0.05, 0) is 69.5 Å². The van der Waals surface area contributed by atoms with Crippen LogP contribution in [0.1, 0.15) is 23.6 Å². The molecule has 0 bridgehead atoms. The maximum absolute atomic E-state index is 13.2. The zero-order chi connectivity index (χ0) is 24.1. The minimum atomic E-state index is -0.820. The number of hydrogen-bond acceptors (Lipinski definition) is 7. The van der Waals surface area contributed by atoms with E-state index >= 15 is 0 Å². The summed E-state index contributed by atoms with van der Waals surface area (Å²) in [4.78, 5) is 29.8. The maximum Gasteiger partial charge on any atom is 0.295 e. The monoisotopic (exact) mass is 454 g/mol. The minimum Gasteiger partial charge on any atom is -0.507 e. The largest absolute Gasteiger partial charge is 0.507 e. The zero-order valence-corrected chi connectivity index (χ0v) is 19.6. The van der Waals surface area contributed by atoms with Gasteiger partial charge >= 0.3 is 0 Å². The lowest BCUT2D eigenvalue weighted by molar-refractivity contribution is -0.140. The van der Waals surface area contributed by atoms with E-state index in [0.717, 1.165) is 6.54 Å². The summed E-state index contributed by atoms with van der Waals surface area (Å²) in [6.45, 7) is 1.08. The van der Waals surface area contributed by atoms with Crippen LogP contribution in [0, 0.1) is 0 Å². The topological polar surface area (TPSA) is 88.5 Å². The van der Waals surface area contributed by atoms with Gasteiger partial charge in [0.15, 0.2) is 0 Å². The SMILES string of the molecule is COc1ccc(/C(O)=C2\C(=O)C(=O)N(CCCN(C)C)C2c2cc(OC)ccc2OC)cc1. The molecule has 0 aliphatic carbocycles. The van der Waals surface area contributed by atoms with Crippen LogP contribution in [0.3, 0.4) is 0 Å². The van der Waals surface area contributed by atoms with Gasteiger partial charge in [-0.3, -0.25) is 9.59 Å². The van der Waals surface area contributed by atoms with Crippen molar-refractivity contribution < 1.29 is 28.9 Å². The molecular weight excluding hydrogens is 424 g/mol. The highest BCUT2D eigenvalue weighted by molar-refractivity contribution is 6.46. The van der Waals surface area contributed by atoms with Gasteiger partial charge in [-0.25, -0.2) is 0 Å². The number of hydrogen-bond donors (Lipinski definition) is 1. The van der Waals surface area contributed by atoms with Gasteiger partial charge in [-0.1, -0.05) is 0 Å². The minimum absolute atomic E-state index is 0.0153. The molecule has 1 heterocycles. The number of rotatable bonds is 9. The molecule has 8 heteroatoms. The molecule has 0 aromatic heterocycles. The molecule has 0 radical (unpaired) electrons. The third kappa shape index (κ3) is 4.96. The van der Waals surface area contributed by atoms with Crippen LogP contribution in [0.5, 0.6) is 17.2 Å². The van der Waals surface area contributed by atoms with E-state index in [4.69, 9.17) is 14.2 Å². The number of aliphatic hydroxyl groups excluding tert-OH is 1. The molecule has 2 aromatic rings. The lowest BCUT2D eigenvalue weighted by Gasteiger charge is -2.27. The zero-order valence-electron chi connectivity index (χ0n) is 19.6. The average Bonchev–Trinajstić information content (AvgIpc) is 3.07. The van der Waals surface area contributed by atoms with Crippen molar-refractivity contribution in [1.82, 2.24) is 9.80 Å². The van der Waals surface area contributed by atoms with Gasteiger partial charge in [-0.2, -0.15) is 0 Å². The van der Waals surface area contributed by atoms with Crippen molar-refractivity contribution >= 4 is 17.4 Å². The Bertz CT molecular complexity index is 1050. The molecule has 1 amide bonds. The molecule has 33 heavy (non-hydrogen) atoms. The van der Waals surface area contributed by atoms with Crippen molar-refractivity contribution in [2.45, 2.75) is 12.5 Å². The maximum atomic E-state index is 13.2. The van der Waals surface area contributed by atoms with Crippen LogP contribution < -0.4 is 14.2 Å². The number of Topliss-reactive ketones (excluding diaryl/α,β-unsaturated/α-hetero) is 1. The molecule has 8 nitrogen and oxygen atoms in total. The number of carbonyl (C=O) groups excluding carboxylic acids is 2. The van der Waals surface area contributed by atoms with Crippen LogP contribution in [0.25, 0.3) is 5.76 Å². The molecule has 0 spiro atoms. The van der Waals surface area contributed by atoms with E-state index in [1.807, 2.05) is 19.0 Å². The van der Waals surface area contributed by atoms with Gasteiger partial charge in [-0.15, -0.1) is 0 Å². The third-order valence-corrected chi connectivity index (χ3v) is 5.64. The van der Waals surface area contributed by atoms with Crippen LogP contribution in [0.15, 0.2) is 48.0 Å². The Morgan fingerprint density at radius 3 is 2.18 bits per heavy atom. The van der Waals surface area contributed by atoms with Gasteiger partial charge in [0.2, 0.25) is 0 Å². The standard InChI is InChI=1S/C25H30N2O6/c1-26(2)13-6-14-27-22(19-15-18(32-4)11-12-20(19)33-5)21(24(29)25(27)30)23(28)16-7-9-17(31-3)10-8-16/h7-12,15,22,28H,6,13-14H2,1-5H3/b23-21+. The lowest BCUT2D eigenvalue weighted by atomic mass is 9.94. The number of ketones is 1. The van der Waals surface area contributed by atoms with E-state index in [1.54, 1.807) is 49.6 Å². The average molecular weight is 455 g/mol. The van der Waals surface area contributed by atoms with Crippen LogP contribution in [0.2, 0.25) is 0 Å². The fourth-order valence-corrected chi connectivity index (χ4v) is 3.95. The Kier molecular flexibility index (Phi) is 7.60. The second-order valence-corrected chi connectivity index (χ2v) is 7.99. The first-order chi connectivity index (χ1) is 15.8. The summed E-state index contributed by atoms with van der Waals surface area (Å²) < 4.78 is 16.1. The first kappa shape index (κ1) is 24.1. The molecule has 1 aliphatic heterocycles. The van der Waals surface area contributed by atoms with E-state index in [0.29, 0.717) is 41.3 Å². The molecule has 1 unspecified atom stereocenters. The number of amides is 1. The van der Waals surface area contributed by atoms with Crippen molar-refractivity contribution in [1.29, 1.82) is 0 Å².